The summed E-state index contributed by atoms with van der Waals surface area (Å²) in [5.41, 5.74) is 1.18. The highest BCUT2D eigenvalue weighted by molar-refractivity contribution is 9.10. The van der Waals surface area contributed by atoms with Crippen molar-refractivity contribution < 1.29 is 9.90 Å². The summed E-state index contributed by atoms with van der Waals surface area (Å²) >= 11 is 5.18. The summed E-state index contributed by atoms with van der Waals surface area (Å²) in [5.74, 6) is -0.727. The molecule has 1 N–H and O–H groups in total. The van der Waals surface area contributed by atoms with Gasteiger partial charge in [0.1, 0.15) is 0 Å². The van der Waals surface area contributed by atoms with Crippen molar-refractivity contribution in [2.75, 3.05) is 6.26 Å². The molecule has 0 aliphatic carbocycles. The van der Waals surface area contributed by atoms with E-state index in [-0.39, 0.29) is 6.42 Å². The Morgan fingerprint density at radius 2 is 2.27 bits per heavy atom. The Morgan fingerprint density at radius 1 is 1.53 bits per heavy atom. The van der Waals surface area contributed by atoms with E-state index in [2.05, 4.69) is 34.1 Å². The topological polar surface area (TPSA) is 37.3 Å². The van der Waals surface area contributed by atoms with Gasteiger partial charge in [-0.3, -0.25) is 4.79 Å². The summed E-state index contributed by atoms with van der Waals surface area (Å²) in [6, 6.07) is 6.18. The predicted molar refractivity (Wildman–Crippen MR) is 66.5 cm³/mol. The Kier molecular flexibility index (Phi) is 5.19. The van der Waals surface area contributed by atoms with Crippen LogP contribution in [0.1, 0.15) is 18.4 Å². The second kappa shape index (κ2) is 6.18. The van der Waals surface area contributed by atoms with E-state index >= 15 is 0 Å². The van der Waals surface area contributed by atoms with Crippen LogP contribution in [0.2, 0.25) is 0 Å². The Bertz CT molecular complexity index is 352. The maximum Gasteiger partial charge on any atom is 0.303 e. The van der Waals surface area contributed by atoms with Crippen LogP contribution in [0.3, 0.4) is 0 Å². The lowest BCUT2D eigenvalue weighted by molar-refractivity contribution is -0.137. The first-order chi connectivity index (χ1) is 7.13. The molecule has 0 aliphatic heterocycles. The first kappa shape index (κ1) is 12.6. The maximum absolute atomic E-state index is 10.3. The largest absolute Gasteiger partial charge is 0.481 e. The fourth-order valence-corrected chi connectivity index (χ4v) is 2.68. The molecule has 15 heavy (non-hydrogen) atoms. The van der Waals surface area contributed by atoms with Gasteiger partial charge in [0.2, 0.25) is 0 Å². The number of aliphatic carboxylic acids is 1. The number of carbonyl (C=O) groups is 1. The molecule has 82 valence electrons. The van der Waals surface area contributed by atoms with Gasteiger partial charge in [0, 0.05) is 15.8 Å². The minimum absolute atomic E-state index is 0.238. The van der Waals surface area contributed by atoms with Crippen LogP contribution in [0.4, 0.5) is 0 Å². The van der Waals surface area contributed by atoms with Crippen LogP contribution in [0, 0.1) is 0 Å². The number of halogens is 1. The summed E-state index contributed by atoms with van der Waals surface area (Å²) in [4.78, 5) is 11.5. The van der Waals surface area contributed by atoms with Gasteiger partial charge in [-0.2, -0.15) is 0 Å². The number of thioether (sulfide) groups is 1. The zero-order chi connectivity index (χ0) is 11.3. The van der Waals surface area contributed by atoms with Gasteiger partial charge in [-0.15, -0.1) is 11.8 Å². The number of benzene rings is 1. The van der Waals surface area contributed by atoms with Crippen molar-refractivity contribution in [3.63, 3.8) is 0 Å². The van der Waals surface area contributed by atoms with Crippen molar-refractivity contribution >= 4 is 33.7 Å². The van der Waals surface area contributed by atoms with Crippen molar-refractivity contribution in [1.29, 1.82) is 0 Å². The smallest absolute Gasteiger partial charge is 0.303 e. The number of rotatable bonds is 5. The molecule has 4 heteroatoms. The van der Waals surface area contributed by atoms with E-state index in [0.29, 0.717) is 6.42 Å². The molecule has 0 unspecified atom stereocenters. The quantitative estimate of drug-likeness (QED) is 0.842. The van der Waals surface area contributed by atoms with Crippen LogP contribution in [-0.4, -0.2) is 17.3 Å². The van der Waals surface area contributed by atoms with Gasteiger partial charge in [-0.05, 0) is 52.7 Å². The molecule has 0 spiro atoms. The summed E-state index contributed by atoms with van der Waals surface area (Å²) in [7, 11) is 0. The molecule has 0 saturated heterocycles. The SMILES string of the molecule is CSc1ccc(CCCC(=O)O)cc1Br. The predicted octanol–water partition coefficient (Wildman–Crippen LogP) is 3.58. The average molecular weight is 289 g/mol. The number of hydrogen-bond donors (Lipinski definition) is 1. The number of aryl methyl sites for hydroxylation is 1. The Hall–Kier alpha value is -0.480. The van der Waals surface area contributed by atoms with Crippen LogP contribution in [0.5, 0.6) is 0 Å². The molecule has 0 bridgehead atoms. The molecule has 1 aromatic rings. The number of carboxylic acids is 1. The lowest BCUT2D eigenvalue weighted by Gasteiger charge is -2.04. The molecule has 0 atom stereocenters. The Morgan fingerprint density at radius 3 is 2.80 bits per heavy atom. The summed E-state index contributed by atoms with van der Waals surface area (Å²) in [6.45, 7) is 0. The van der Waals surface area contributed by atoms with Gasteiger partial charge in [0.15, 0.2) is 0 Å². The fourth-order valence-electron chi connectivity index (χ4n) is 1.31. The Labute approximate surface area is 102 Å². The van der Waals surface area contributed by atoms with E-state index in [1.165, 1.54) is 10.5 Å². The van der Waals surface area contributed by atoms with Gasteiger partial charge >= 0.3 is 5.97 Å². The Balaban J connectivity index is 2.55. The number of carboxylic acid groups (broad SMARTS) is 1. The van der Waals surface area contributed by atoms with Crippen molar-refractivity contribution in [2.24, 2.45) is 0 Å². The molecule has 1 aromatic carbocycles. The highest BCUT2D eigenvalue weighted by Gasteiger charge is 2.02. The van der Waals surface area contributed by atoms with Gasteiger partial charge in [0.25, 0.3) is 0 Å². The number of hydrogen-bond acceptors (Lipinski definition) is 2. The zero-order valence-electron chi connectivity index (χ0n) is 8.50. The van der Waals surface area contributed by atoms with E-state index < -0.39 is 5.97 Å². The summed E-state index contributed by atoms with van der Waals surface area (Å²) < 4.78 is 1.09. The van der Waals surface area contributed by atoms with Gasteiger partial charge in [0.05, 0.1) is 0 Å². The monoisotopic (exact) mass is 288 g/mol. The van der Waals surface area contributed by atoms with Gasteiger partial charge < -0.3 is 5.11 Å². The van der Waals surface area contributed by atoms with Gasteiger partial charge in [-0.1, -0.05) is 6.07 Å². The molecule has 0 heterocycles. The van der Waals surface area contributed by atoms with E-state index in [0.717, 1.165) is 10.9 Å². The maximum atomic E-state index is 10.3. The third-order valence-corrected chi connectivity index (χ3v) is 3.79. The zero-order valence-corrected chi connectivity index (χ0v) is 10.9. The molecule has 2 nitrogen and oxygen atoms in total. The highest BCUT2D eigenvalue weighted by Crippen LogP contribution is 2.26. The van der Waals surface area contributed by atoms with Crippen LogP contribution in [-0.2, 0) is 11.2 Å². The van der Waals surface area contributed by atoms with Crippen LogP contribution in [0.25, 0.3) is 0 Å². The molecule has 0 aromatic heterocycles. The molecular formula is C11H13BrO2S. The molecule has 1 rings (SSSR count). The molecule has 0 amide bonds. The van der Waals surface area contributed by atoms with E-state index in [1.54, 1.807) is 11.8 Å². The van der Waals surface area contributed by atoms with Gasteiger partial charge in [-0.25, -0.2) is 0 Å². The molecule has 0 fully saturated rings. The average Bonchev–Trinajstić information content (AvgIpc) is 2.17. The van der Waals surface area contributed by atoms with Crippen LogP contribution in [0.15, 0.2) is 27.6 Å². The standard InChI is InChI=1S/C11H13BrO2S/c1-15-10-6-5-8(7-9(10)12)3-2-4-11(13)14/h5-7H,2-4H2,1H3,(H,13,14). The van der Waals surface area contributed by atoms with E-state index in [1.807, 2.05) is 6.26 Å². The summed E-state index contributed by atoms with van der Waals surface area (Å²) in [5, 5.41) is 8.52. The minimum atomic E-state index is -0.727. The van der Waals surface area contributed by atoms with E-state index in [4.69, 9.17) is 5.11 Å². The third-order valence-electron chi connectivity index (χ3n) is 2.07. The second-order valence-corrected chi connectivity index (χ2v) is 4.92. The molecular weight excluding hydrogens is 276 g/mol. The van der Waals surface area contributed by atoms with Crippen molar-refractivity contribution in [2.45, 2.75) is 24.2 Å². The lowest BCUT2D eigenvalue weighted by Crippen LogP contribution is -1.95. The first-order valence-corrected chi connectivity index (χ1v) is 6.69. The fraction of sp³-hybridized carbons (Fsp3) is 0.364. The van der Waals surface area contributed by atoms with Crippen LogP contribution >= 0.6 is 27.7 Å². The van der Waals surface area contributed by atoms with Crippen molar-refractivity contribution in [3.8, 4) is 0 Å². The van der Waals surface area contributed by atoms with Crippen molar-refractivity contribution in [1.82, 2.24) is 0 Å². The van der Waals surface area contributed by atoms with Crippen molar-refractivity contribution in [3.05, 3.63) is 28.2 Å². The van der Waals surface area contributed by atoms with Crippen LogP contribution < -0.4 is 0 Å². The molecule has 0 saturated carbocycles. The summed E-state index contributed by atoms with van der Waals surface area (Å²) in [6.07, 6.45) is 3.78. The second-order valence-electron chi connectivity index (χ2n) is 3.22. The van der Waals surface area contributed by atoms with E-state index in [9.17, 15) is 4.79 Å². The minimum Gasteiger partial charge on any atom is -0.481 e. The first-order valence-electron chi connectivity index (χ1n) is 4.67. The lowest BCUT2D eigenvalue weighted by atomic mass is 10.1. The highest BCUT2D eigenvalue weighted by atomic mass is 79.9. The normalized spacial score (nSPS) is 10.3. The third kappa shape index (κ3) is 4.26. The molecule has 0 radical (unpaired) electrons. The molecule has 0 aliphatic rings.